The van der Waals surface area contributed by atoms with Gasteiger partial charge in [-0.15, -0.1) is 0 Å². The van der Waals surface area contributed by atoms with Gasteiger partial charge < -0.3 is 9.80 Å². The first-order valence-electron chi connectivity index (χ1n) is 9.76. The van der Waals surface area contributed by atoms with Crippen LogP contribution in [0.5, 0.6) is 0 Å². The lowest BCUT2D eigenvalue weighted by Gasteiger charge is -2.51. The number of halogens is 1. The fourth-order valence-electron chi connectivity index (χ4n) is 4.73. The molecule has 4 rings (SSSR count). The molecule has 0 saturated carbocycles. The summed E-state index contributed by atoms with van der Waals surface area (Å²) in [4.78, 5) is 23.8. The Labute approximate surface area is 175 Å². The van der Waals surface area contributed by atoms with Gasteiger partial charge in [0.15, 0.2) is 0 Å². The maximum Gasteiger partial charge on any atom is 0.255 e. The van der Waals surface area contributed by atoms with Gasteiger partial charge in [-0.05, 0) is 47.6 Å². The van der Waals surface area contributed by atoms with E-state index in [1.807, 2.05) is 11.0 Å². The predicted octanol–water partition coefficient (Wildman–Crippen LogP) is 2.98. The molecule has 2 fully saturated rings. The molecule has 3 heterocycles. The molecular weight excluding hydrogens is 416 g/mol. The highest BCUT2D eigenvalue weighted by molar-refractivity contribution is 9.10. The summed E-state index contributed by atoms with van der Waals surface area (Å²) in [6.07, 6.45) is 3.37. The number of carbonyl (C=O) groups excluding carboxylic acids is 1. The van der Waals surface area contributed by atoms with Gasteiger partial charge in [-0.25, -0.2) is 0 Å². The number of rotatable bonds is 5. The van der Waals surface area contributed by atoms with Crippen LogP contribution in [0.2, 0.25) is 0 Å². The number of aromatic nitrogens is 1. The summed E-state index contributed by atoms with van der Waals surface area (Å²) in [5.74, 6) is 0.667. The predicted molar refractivity (Wildman–Crippen MR) is 114 cm³/mol. The highest BCUT2D eigenvalue weighted by Gasteiger charge is 2.55. The minimum atomic E-state index is 0.0875. The van der Waals surface area contributed by atoms with Crippen LogP contribution < -0.4 is 0 Å². The minimum Gasteiger partial charge on any atom is -0.337 e. The molecule has 2 aromatic rings. The number of likely N-dealkylation sites (tertiary alicyclic amines) is 2. The van der Waals surface area contributed by atoms with E-state index in [9.17, 15) is 4.79 Å². The van der Waals surface area contributed by atoms with Crippen LogP contribution in [0, 0.1) is 11.3 Å². The zero-order valence-corrected chi connectivity index (χ0v) is 18.1. The van der Waals surface area contributed by atoms with Crippen molar-refractivity contribution >= 4 is 21.8 Å². The fourth-order valence-corrected chi connectivity index (χ4v) is 5.09. The maximum atomic E-state index is 12.9. The molecule has 1 atom stereocenters. The Morgan fingerprint density at radius 1 is 1.21 bits per heavy atom. The van der Waals surface area contributed by atoms with Crippen molar-refractivity contribution in [2.45, 2.75) is 6.54 Å². The zero-order valence-electron chi connectivity index (χ0n) is 16.5. The number of hydrogen-bond acceptors (Lipinski definition) is 4. The molecule has 6 heteroatoms. The van der Waals surface area contributed by atoms with Gasteiger partial charge in [-0.2, -0.15) is 0 Å². The molecule has 1 aromatic heterocycles. The van der Waals surface area contributed by atoms with Gasteiger partial charge in [-0.1, -0.05) is 30.3 Å². The molecule has 28 heavy (non-hydrogen) atoms. The molecule has 0 bridgehead atoms. The van der Waals surface area contributed by atoms with Crippen molar-refractivity contribution in [3.8, 4) is 0 Å². The first-order valence-corrected chi connectivity index (χ1v) is 10.6. The first-order chi connectivity index (χ1) is 13.4. The lowest BCUT2D eigenvalue weighted by Crippen LogP contribution is -2.63. The Bertz CT molecular complexity index is 835. The van der Waals surface area contributed by atoms with Crippen molar-refractivity contribution < 1.29 is 4.79 Å². The highest BCUT2D eigenvalue weighted by atomic mass is 79.9. The van der Waals surface area contributed by atoms with Crippen LogP contribution in [0.3, 0.4) is 0 Å². The van der Waals surface area contributed by atoms with E-state index in [2.05, 4.69) is 75.1 Å². The molecule has 5 nitrogen and oxygen atoms in total. The van der Waals surface area contributed by atoms with E-state index in [0.717, 1.165) is 43.7 Å². The quantitative estimate of drug-likeness (QED) is 0.713. The Hall–Kier alpha value is -1.76. The van der Waals surface area contributed by atoms with Gasteiger partial charge in [0, 0.05) is 61.5 Å². The van der Waals surface area contributed by atoms with E-state index >= 15 is 0 Å². The molecule has 1 amide bonds. The van der Waals surface area contributed by atoms with Crippen LogP contribution >= 0.6 is 15.9 Å². The third-order valence-electron chi connectivity index (χ3n) is 5.97. The van der Waals surface area contributed by atoms with Crippen molar-refractivity contribution in [1.29, 1.82) is 0 Å². The molecule has 2 aliphatic heterocycles. The van der Waals surface area contributed by atoms with Crippen LogP contribution in [0.1, 0.15) is 15.9 Å². The van der Waals surface area contributed by atoms with Crippen LogP contribution in [0.4, 0.5) is 0 Å². The summed E-state index contributed by atoms with van der Waals surface area (Å²) in [5.41, 5.74) is 2.22. The minimum absolute atomic E-state index is 0.0875. The second-order valence-electron chi connectivity index (χ2n) is 8.53. The highest BCUT2D eigenvalue weighted by Crippen LogP contribution is 2.45. The molecule has 2 saturated heterocycles. The molecule has 148 valence electrons. The largest absolute Gasteiger partial charge is 0.337 e. The van der Waals surface area contributed by atoms with Crippen molar-refractivity contribution in [2.75, 3.05) is 46.8 Å². The number of nitrogens with zero attached hydrogens (tertiary/aromatic N) is 4. The van der Waals surface area contributed by atoms with Crippen molar-refractivity contribution in [2.24, 2.45) is 11.3 Å². The normalized spacial score (nSPS) is 21.3. The summed E-state index contributed by atoms with van der Waals surface area (Å²) in [7, 11) is 4.28. The molecule has 2 aliphatic rings. The van der Waals surface area contributed by atoms with E-state index in [0.29, 0.717) is 11.5 Å². The Balaban J connectivity index is 1.45. The van der Waals surface area contributed by atoms with E-state index in [4.69, 9.17) is 0 Å². The number of benzene rings is 1. The van der Waals surface area contributed by atoms with Gasteiger partial charge in [-0.3, -0.25) is 14.7 Å². The first kappa shape index (κ1) is 19.6. The van der Waals surface area contributed by atoms with Crippen molar-refractivity contribution in [3.63, 3.8) is 0 Å². The average Bonchev–Trinajstić information content (AvgIpc) is 2.98. The van der Waals surface area contributed by atoms with E-state index in [1.165, 1.54) is 5.56 Å². The molecule has 1 aromatic carbocycles. The topological polar surface area (TPSA) is 39.7 Å². The second-order valence-corrected chi connectivity index (χ2v) is 9.45. The monoisotopic (exact) mass is 442 g/mol. The molecule has 0 radical (unpaired) electrons. The number of pyridine rings is 1. The molecule has 0 aliphatic carbocycles. The van der Waals surface area contributed by atoms with Crippen molar-refractivity contribution in [3.05, 3.63) is 64.4 Å². The molecule has 1 spiro atoms. The Kier molecular flexibility index (Phi) is 5.54. The van der Waals surface area contributed by atoms with Gasteiger partial charge >= 0.3 is 0 Å². The van der Waals surface area contributed by atoms with Crippen molar-refractivity contribution in [1.82, 2.24) is 19.7 Å². The summed E-state index contributed by atoms with van der Waals surface area (Å²) >= 11 is 3.41. The number of hydrogen-bond donors (Lipinski definition) is 0. The van der Waals surface area contributed by atoms with Crippen LogP contribution in [-0.2, 0) is 6.54 Å². The third-order valence-corrected chi connectivity index (χ3v) is 6.40. The lowest BCUT2D eigenvalue weighted by molar-refractivity contribution is -0.0154. The van der Waals surface area contributed by atoms with E-state index in [1.54, 1.807) is 12.4 Å². The Morgan fingerprint density at radius 3 is 2.64 bits per heavy atom. The standard InChI is InChI=1S/C22H27BrN4O/c1-25(2)12-19-13-26(11-17-6-4-3-5-7-17)14-22(19)15-27(16-22)21(28)18-8-20(23)10-24-9-18/h3-10,19H,11-16H2,1-2H3. The lowest BCUT2D eigenvalue weighted by atomic mass is 9.71. The molecule has 1 unspecified atom stereocenters. The Morgan fingerprint density at radius 2 is 1.96 bits per heavy atom. The average molecular weight is 443 g/mol. The number of carbonyl (C=O) groups is 1. The SMILES string of the molecule is CN(C)CC1CN(Cc2ccccc2)CC12CN(C(=O)c1cncc(Br)c1)C2. The van der Waals surface area contributed by atoms with E-state index in [-0.39, 0.29) is 11.3 Å². The molecular formula is C22H27BrN4O. The maximum absolute atomic E-state index is 12.9. The van der Waals surface area contributed by atoms with E-state index < -0.39 is 0 Å². The fraction of sp³-hybridized carbons (Fsp3) is 0.455. The zero-order chi connectivity index (χ0) is 19.7. The van der Waals surface area contributed by atoms with Crippen LogP contribution in [0.25, 0.3) is 0 Å². The van der Waals surface area contributed by atoms with Crippen LogP contribution in [0.15, 0.2) is 53.3 Å². The van der Waals surface area contributed by atoms with Gasteiger partial charge in [0.1, 0.15) is 0 Å². The molecule has 0 N–H and O–H groups in total. The van der Waals surface area contributed by atoms with Gasteiger partial charge in [0.05, 0.1) is 5.56 Å². The summed E-state index contributed by atoms with van der Waals surface area (Å²) in [6.45, 7) is 5.86. The smallest absolute Gasteiger partial charge is 0.255 e. The summed E-state index contributed by atoms with van der Waals surface area (Å²) < 4.78 is 0.842. The summed E-state index contributed by atoms with van der Waals surface area (Å²) in [6, 6.07) is 12.5. The second kappa shape index (κ2) is 7.93. The van der Waals surface area contributed by atoms with Gasteiger partial charge in [0.25, 0.3) is 5.91 Å². The van der Waals surface area contributed by atoms with Gasteiger partial charge in [0.2, 0.25) is 0 Å². The number of amides is 1. The third kappa shape index (κ3) is 4.00. The summed E-state index contributed by atoms with van der Waals surface area (Å²) in [5, 5.41) is 0. The van der Waals surface area contributed by atoms with Crippen LogP contribution in [-0.4, -0.2) is 72.4 Å².